The monoisotopic (exact) mass is 245 g/mol. The fourth-order valence-electron chi connectivity index (χ4n) is 1.69. The predicted molar refractivity (Wildman–Crippen MR) is 65.4 cm³/mol. The number of methoxy groups -OCH3 is 1. The van der Waals surface area contributed by atoms with Crippen LogP contribution >= 0.6 is 0 Å². The van der Waals surface area contributed by atoms with Gasteiger partial charge in [-0.15, -0.1) is 0 Å². The van der Waals surface area contributed by atoms with E-state index in [-0.39, 0.29) is 11.9 Å². The van der Waals surface area contributed by atoms with E-state index < -0.39 is 0 Å². The third-order valence-electron chi connectivity index (χ3n) is 2.69. The first-order chi connectivity index (χ1) is 8.24. The number of rotatable bonds is 8. The minimum atomic E-state index is -0.253. The van der Waals surface area contributed by atoms with Crippen LogP contribution in [0.5, 0.6) is 0 Å². The van der Waals surface area contributed by atoms with Crippen molar-refractivity contribution in [3.05, 3.63) is 0 Å². The first-order valence-electron chi connectivity index (χ1n) is 5.98. The van der Waals surface area contributed by atoms with Crippen LogP contribution < -0.4 is 5.73 Å². The molecule has 100 valence electrons. The molecule has 0 aliphatic carbocycles. The molecule has 1 aliphatic heterocycles. The Balaban J connectivity index is 2.04. The van der Waals surface area contributed by atoms with Crippen LogP contribution in [-0.4, -0.2) is 70.0 Å². The van der Waals surface area contributed by atoms with E-state index in [0.29, 0.717) is 19.8 Å². The molecule has 1 heterocycles. The van der Waals surface area contributed by atoms with Gasteiger partial charge in [0.05, 0.1) is 13.2 Å². The molecule has 0 amide bonds. The zero-order chi connectivity index (χ0) is 12.5. The Bertz CT molecular complexity index is 226. The molecule has 6 nitrogen and oxygen atoms in total. The number of morpholine rings is 1. The molecule has 6 heteroatoms. The Morgan fingerprint density at radius 2 is 2.29 bits per heavy atom. The molecule has 1 unspecified atom stereocenters. The Hall–Kier alpha value is -0.690. The lowest BCUT2D eigenvalue weighted by molar-refractivity contribution is -0.00709. The van der Waals surface area contributed by atoms with Crippen LogP contribution in [0.3, 0.4) is 0 Å². The van der Waals surface area contributed by atoms with Gasteiger partial charge in [0, 0.05) is 40.0 Å². The van der Waals surface area contributed by atoms with Crippen LogP contribution in [0, 0.1) is 5.41 Å². The van der Waals surface area contributed by atoms with Crippen molar-refractivity contribution in [2.75, 3.05) is 53.2 Å². The van der Waals surface area contributed by atoms with Gasteiger partial charge in [0.15, 0.2) is 0 Å². The summed E-state index contributed by atoms with van der Waals surface area (Å²) in [5.41, 5.74) is 5.43. The molecule has 1 fully saturated rings. The van der Waals surface area contributed by atoms with E-state index in [1.807, 2.05) is 0 Å². The second kappa shape index (κ2) is 8.41. The normalized spacial score (nSPS) is 21.6. The first-order valence-corrected chi connectivity index (χ1v) is 5.98. The third kappa shape index (κ3) is 5.97. The highest BCUT2D eigenvalue weighted by molar-refractivity contribution is 5.82. The van der Waals surface area contributed by atoms with E-state index in [2.05, 4.69) is 4.90 Å². The molecule has 17 heavy (non-hydrogen) atoms. The molecule has 0 aromatic rings. The quantitative estimate of drug-likeness (QED) is 0.348. The van der Waals surface area contributed by atoms with Crippen LogP contribution in [0.1, 0.15) is 6.42 Å². The summed E-state index contributed by atoms with van der Waals surface area (Å²) in [5.74, 6) is 0.107. The van der Waals surface area contributed by atoms with E-state index in [0.717, 1.165) is 32.7 Å². The summed E-state index contributed by atoms with van der Waals surface area (Å²) < 4.78 is 15.8. The summed E-state index contributed by atoms with van der Waals surface area (Å²) in [6.07, 6.45) is 0.674. The molecular formula is C11H23N3O3. The fraction of sp³-hybridized carbons (Fsp3) is 0.909. The Morgan fingerprint density at radius 3 is 3.00 bits per heavy atom. The summed E-state index contributed by atoms with van der Waals surface area (Å²) in [6, 6.07) is 0. The van der Waals surface area contributed by atoms with Crippen molar-refractivity contribution >= 4 is 5.84 Å². The van der Waals surface area contributed by atoms with Gasteiger partial charge in [-0.05, 0) is 6.42 Å². The van der Waals surface area contributed by atoms with E-state index >= 15 is 0 Å². The molecule has 0 spiro atoms. The molecule has 0 aromatic heterocycles. The molecule has 0 bridgehead atoms. The van der Waals surface area contributed by atoms with Crippen LogP contribution in [0.15, 0.2) is 0 Å². The van der Waals surface area contributed by atoms with Crippen molar-refractivity contribution in [1.82, 2.24) is 4.90 Å². The number of amidine groups is 1. The van der Waals surface area contributed by atoms with Gasteiger partial charge in [0.25, 0.3) is 0 Å². The lowest BCUT2D eigenvalue weighted by atomic mass is 10.2. The maximum Gasteiger partial charge on any atom is 0.127 e. The zero-order valence-electron chi connectivity index (χ0n) is 10.5. The minimum Gasteiger partial charge on any atom is -0.385 e. The largest absolute Gasteiger partial charge is 0.385 e. The van der Waals surface area contributed by atoms with E-state index in [1.54, 1.807) is 7.11 Å². The molecule has 0 radical (unpaired) electrons. The Kier molecular flexibility index (Phi) is 7.11. The number of nitrogens with zero attached hydrogens (tertiary/aromatic N) is 1. The summed E-state index contributed by atoms with van der Waals surface area (Å²) in [7, 11) is 1.69. The fourth-order valence-corrected chi connectivity index (χ4v) is 1.69. The molecule has 0 saturated carbocycles. The Labute approximate surface area is 103 Å². The lowest BCUT2D eigenvalue weighted by Crippen LogP contribution is -2.48. The maximum atomic E-state index is 7.35. The van der Waals surface area contributed by atoms with Crippen molar-refractivity contribution in [2.45, 2.75) is 12.5 Å². The third-order valence-corrected chi connectivity index (χ3v) is 2.69. The Morgan fingerprint density at radius 1 is 1.47 bits per heavy atom. The molecular weight excluding hydrogens is 222 g/mol. The molecule has 1 aliphatic rings. The first kappa shape index (κ1) is 14.4. The molecule has 3 N–H and O–H groups in total. The summed E-state index contributed by atoms with van der Waals surface area (Å²) in [5, 5.41) is 7.35. The number of ether oxygens (including phenoxy) is 3. The maximum absolute atomic E-state index is 7.35. The van der Waals surface area contributed by atoms with Crippen LogP contribution in [-0.2, 0) is 14.2 Å². The van der Waals surface area contributed by atoms with Crippen LogP contribution in [0.2, 0.25) is 0 Å². The van der Waals surface area contributed by atoms with E-state index in [9.17, 15) is 0 Å². The van der Waals surface area contributed by atoms with Crippen LogP contribution in [0.4, 0.5) is 0 Å². The number of hydrogen-bond donors (Lipinski definition) is 2. The van der Waals surface area contributed by atoms with Gasteiger partial charge in [-0.1, -0.05) is 0 Å². The van der Waals surface area contributed by atoms with Gasteiger partial charge in [-0.2, -0.15) is 0 Å². The van der Waals surface area contributed by atoms with Gasteiger partial charge in [0.2, 0.25) is 0 Å². The average molecular weight is 245 g/mol. The average Bonchev–Trinajstić information content (AvgIpc) is 2.34. The van der Waals surface area contributed by atoms with E-state index in [4.69, 9.17) is 25.4 Å². The van der Waals surface area contributed by atoms with Gasteiger partial charge < -0.3 is 19.9 Å². The molecule has 1 atom stereocenters. The predicted octanol–water partition coefficient (Wildman–Crippen LogP) is -0.324. The highest BCUT2D eigenvalue weighted by atomic mass is 16.5. The second-order valence-corrected chi connectivity index (χ2v) is 4.07. The highest BCUT2D eigenvalue weighted by Crippen LogP contribution is 2.04. The van der Waals surface area contributed by atoms with Crippen molar-refractivity contribution < 1.29 is 14.2 Å². The van der Waals surface area contributed by atoms with Crippen molar-refractivity contribution in [2.24, 2.45) is 5.73 Å². The molecule has 1 rings (SSSR count). The van der Waals surface area contributed by atoms with Crippen molar-refractivity contribution in [3.63, 3.8) is 0 Å². The molecule has 0 aromatic carbocycles. The minimum absolute atomic E-state index is 0.107. The summed E-state index contributed by atoms with van der Waals surface area (Å²) in [4.78, 5) is 2.21. The summed E-state index contributed by atoms with van der Waals surface area (Å²) >= 11 is 0. The van der Waals surface area contributed by atoms with Gasteiger partial charge in [-0.25, -0.2) is 0 Å². The SMILES string of the molecule is COCCCOCCN1CCOC(C(=N)N)C1. The van der Waals surface area contributed by atoms with Crippen molar-refractivity contribution in [3.8, 4) is 0 Å². The summed E-state index contributed by atoms with van der Waals surface area (Å²) in [6.45, 7) is 5.24. The zero-order valence-corrected chi connectivity index (χ0v) is 10.5. The highest BCUT2D eigenvalue weighted by Gasteiger charge is 2.21. The van der Waals surface area contributed by atoms with Crippen molar-refractivity contribution in [1.29, 1.82) is 5.41 Å². The topological polar surface area (TPSA) is 80.8 Å². The van der Waals surface area contributed by atoms with Gasteiger partial charge >= 0.3 is 0 Å². The van der Waals surface area contributed by atoms with Gasteiger partial charge in [0.1, 0.15) is 11.9 Å². The number of nitrogens with two attached hydrogens (primary N) is 1. The molecule has 1 saturated heterocycles. The van der Waals surface area contributed by atoms with E-state index in [1.165, 1.54) is 0 Å². The lowest BCUT2D eigenvalue weighted by Gasteiger charge is -2.32. The van der Waals surface area contributed by atoms with Crippen LogP contribution in [0.25, 0.3) is 0 Å². The standard InChI is InChI=1S/C11H23N3O3/c1-15-5-2-6-16-7-3-14-4-8-17-10(9-14)11(12)13/h10H,2-9H2,1H3,(H3,12,13). The van der Waals surface area contributed by atoms with Gasteiger partial charge in [-0.3, -0.25) is 10.3 Å². The second-order valence-electron chi connectivity index (χ2n) is 4.07. The smallest absolute Gasteiger partial charge is 0.127 e. The number of hydrogen-bond acceptors (Lipinski definition) is 5. The number of nitrogens with one attached hydrogen (secondary N) is 1.